The van der Waals surface area contributed by atoms with Crippen LogP contribution in [0.4, 0.5) is 0 Å². The molecule has 4 heteroatoms. The third-order valence-corrected chi connectivity index (χ3v) is 2.21. The Morgan fingerprint density at radius 3 is 2.88 bits per heavy atom. The molecule has 0 aliphatic rings. The van der Waals surface area contributed by atoms with Crippen LogP contribution in [-0.2, 0) is 0 Å². The molecular weight excluding hydrogens is 206 g/mol. The van der Waals surface area contributed by atoms with Crippen LogP contribution in [0.5, 0.6) is 5.75 Å². The van der Waals surface area contributed by atoms with Gasteiger partial charge in [0.25, 0.3) is 0 Å². The van der Waals surface area contributed by atoms with Crippen molar-refractivity contribution >= 4 is 11.0 Å². The fourth-order valence-corrected chi connectivity index (χ4v) is 1.40. The molecule has 16 heavy (non-hydrogen) atoms. The highest BCUT2D eigenvalue weighted by molar-refractivity contribution is 5.77. The molecule has 1 aromatic carbocycles. The van der Waals surface area contributed by atoms with Gasteiger partial charge in [-0.15, -0.1) is 0 Å². The monoisotopic (exact) mass is 219 g/mol. The molecule has 0 bridgehead atoms. The number of ether oxygens (including phenoxy) is 1. The van der Waals surface area contributed by atoms with E-state index in [0.29, 0.717) is 24.5 Å². The summed E-state index contributed by atoms with van der Waals surface area (Å²) >= 11 is 0. The summed E-state index contributed by atoms with van der Waals surface area (Å²) < 4.78 is 10.5. The SMILES string of the molecule is NCCCOc1ccc2ccc(=O)oc2c1. The lowest BCUT2D eigenvalue weighted by Gasteiger charge is -2.05. The summed E-state index contributed by atoms with van der Waals surface area (Å²) in [6.45, 7) is 1.17. The van der Waals surface area contributed by atoms with Gasteiger partial charge < -0.3 is 14.9 Å². The maximum absolute atomic E-state index is 11.0. The van der Waals surface area contributed by atoms with Crippen molar-refractivity contribution < 1.29 is 9.15 Å². The molecule has 0 unspecified atom stereocenters. The summed E-state index contributed by atoms with van der Waals surface area (Å²) in [5, 5.41) is 0.880. The Kier molecular flexibility index (Phi) is 3.22. The molecule has 1 heterocycles. The number of hydrogen-bond acceptors (Lipinski definition) is 4. The Labute approximate surface area is 92.6 Å². The zero-order valence-corrected chi connectivity index (χ0v) is 8.81. The summed E-state index contributed by atoms with van der Waals surface area (Å²) in [4.78, 5) is 11.0. The maximum Gasteiger partial charge on any atom is 0.336 e. The minimum atomic E-state index is -0.355. The van der Waals surface area contributed by atoms with Crippen molar-refractivity contribution in [3.8, 4) is 5.75 Å². The molecule has 0 aliphatic heterocycles. The van der Waals surface area contributed by atoms with Crippen LogP contribution in [-0.4, -0.2) is 13.2 Å². The third kappa shape index (κ3) is 2.41. The topological polar surface area (TPSA) is 65.5 Å². The van der Waals surface area contributed by atoms with Crippen molar-refractivity contribution in [3.63, 3.8) is 0 Å². The second kappa shape index (κ2) is 4.81. The number of nitrogens with two attached hydrogens (primary N) is 1. The Balaban J connectivity index is 2.25. The highest BCUT2D eigenvalue weighted by Crippen LogP contribution is 2.19. The Morgan fingerprint density at radius 1 is 1.25 bits per heavy atom. The molecule has 0 saturated carbocycles. The fraction of sp³-hybridized carbons (Fsp3) is 0.250. The van der Waals surface area contributed by atoms with Gasteiger partial charge in [-0.3, -0.25) is 0 Å². The third-order valence-electron chi connectivity index (χ3n) is 2.21. The first kappa shape index (κ1) is 10.7. The minimum Gasteiger partial charge on any atom is -0.493 e. The molecule has 2 aromatic rings. The van der Waals surface area contributed by atoms with E-state index < -0.39 is 0 Å². The second-order valence-electron chi connectivity index (χ2n) is 3.44. The van der Waals surface area contributed by atoms with Crippen molar-refractivity contribution in [1.29, 1.82) is 0 Å². The van der Waals surface area contributed by atoms with E-state index in [1.807, 2.05) is 12.1 Å². The van der Waals surface area contributed by atoms with E-state index in [-0.39, 0.29) is 5.63 Å². The van der Waals surface area contributed by atoms with E-state index in [4.69, 9.17) is 14.9 Å². The van der Waals surface area contributed by atoms with Crippen molar-refractivity contribution in [2.75, 3.05) is 13.2 Å². The van der Waals surface area contributed by atoms with E-state index in [1.54, 1.807) is 12.1 Å². The van der Waals surface area contributed by atoms with Crippen LogP contribution < -0.4 is 16.1 Å². The molecule has 84 valence electrons. The van der Waals surface area contributed by atoms with Gasteiger partial charge in [0.2, 0.25) is 0 Å². The normalized spacial score (nSPS) is 10.6. The highest BCUT2D eigenvalue weighted by Gasteiger charge is 1.99. The Hall–Kier alpha value is -1.81. The van der Waals surface area contributed by atoms with Gasteiger partial charge >= 0.3 is 5.63 Å². The van der Waals surface area contributed by atoms with Gasteiger partial charge in [0.05, 0.1) is 6.61 Å². The highest BCUT2D eigenvalue weighted by atomic mass is 16.5. The molecule has 4 nitrogen and oxygen atoms in total. The zero-order chi connectivity index (χ0) is 11.4. The average Bonchev–Trinajstić information content (AvgIpc) is 2.29. The maximum atomic E-state index is 11.0. The number of hydrogen-bond donors (Lipinski definition) is 1. The lowest BCUT2D eigenvalue weighted by Crippen LogP contribution is -2.06. The van der Waals surface area contributed by atoms with E-state index >= 15 is 0 Å². The molecule has 1 aromatic heterocycles. The summed E-state index contributed by atoms with van der Waals surface area (Å²) in [6.07, 6.45) is 0.802. The lowest BCUT2D eigenvalue weighted by molar-refractivity contribution is 0.313. The van der Waals surface area contributed by atoms with Gasteiger partial charge in [0.15, 0.2) is 0 Å². The van der Waals surface area contributed by atoms with Crippen LogP contribution in [0.1, 0.15) is 6.42 Å². The summed E-state index contributed by atoms with van der Waals surface area (Å²) in [6, 6.07) is 8.55. The van der Waals surface area contributed by atoms with Gasteiger partial charge in [-0.05, 0) is 31.2 Å². The Bertz CT molecular complexity index is 533. The number of benzene rings is 1. The number of fused-ring (bicyclic) bond motifs is 1. The van der Waals surface area contributed by atoms with Crippen molar-refractivity contribution in [3.05, 3.63) is 40.8 Å². The summed E-state index contributed by atoms with van der Waals surface area (Å²) in [7, 11) is 0. The molecule has 0 saturated heterocycles. The van der Waals surface area contributed by atoms with Crippen LogP contribution >= 0.6 is 0 Å². The number of rotatable bonds is 4. The van der Waals surface area contributed by atoms with Gasteiger partial charge in [-0.2, -0.15) is 0 Å². The van der Waals surface area contributed by atoms with Crippen molar-refractivity contribution in [2.45, 2.75) is 6.42 Å². The molecule has 0 aliphatic carbocycles. The van der Waals surface area contributed by atoms with Gasteiger partial charge in [0, 0.05) is 17.5 Å². The van der Waals surface area contributed by atoms with E-state index in [2.05, 4.69) is 0 Å². The predicted molar refractivity (Wildman–Crippen MR) is 61.7 cm³/mol. The molecule has 2 N–H and O–H groups in total. The molecule has 0 atom stereocenters. The first-order valence-electron chi connectivity index (χ1n) is 5.16. The summed E-state index contributed by atoms with van der Waals surface area (Å²) in [5.74, 6) is 0.690. The second-order valence-corrected chi connectivity index (χ2v) is 3.44. The van der Waals surface area contributed by atoms with E-state index in [9.17, 15) is 4.79 Å². The van der Waals surface area contributed by atoms with Gasteiger partial charge in [0.1, 0.15) is 11.3 Å². The van der Waals surface area contributed by atoms with Gasteiger partial charge in [-0.25, -0.2) is 4.79 Å². The average molecular weight is 219 g/mol. The molecule has 0 fully saturated rings. The van der Waals surface area contributed by atoms with Crippen LogP contribution in [0.15, 0.2) is 39.5 Å². The van der Waals surface area contributed by atoms with Gasteiger partial charge in [-0.1, -0.05) is 0 Å². The standard InChI is InChI=1S/C12H13NO3/c13-6-1-7-15-10-4-2-9-3-5-12(14)16-11(9)8-10/h2-5,8H,1,6-7,13H2. The quantitative estimate of drug-likeness (QED) is 0.625. The van der Waals surface area contributed by atoms with Crippen molar-refractivity contribution in [1.82, 2.24) is 0 Å². The first-order chi connectivity index (χ1) is 7.79. The smallest absolute Gasteiger partial charge is 0.336 e. The zero-order valence-electron chi connectivity index (χ0n) is 8.81. The molecule has 0 spiro atoms. The molecule has 2 rings (SSSR count). The first-order valence-corrected chi connectivity index (χ1v) is 5.16. The van der Waals surface area contributed by atoms with E-state index in [1.165, 1.54) is 6.07 Å². The van der Waals surface area contributed by atoms with Crippen LogP contribution in [0.25, 0.3) is 11.0 Å². The molecular formula is C12H13NO3. The van der Waals surface area contributed by atoms with E-state index in [0.717, 1.165) is 11.8 Å². The fourth-order valence-electron chi connectivity index (χ4n) is 1.40. The van der Waals surface area contributed by atoms with Crippen LogP contribution in [0, 0.1) is 0 Å². The molecule has 0 amide bonds. The van der Waals surface area contributed by atoms with Crippen molar-refractivity contribution in [2.24, 2.45) is 5.73 Å². The van der Waals surface area contributed by atoms with Crippen LogP contribution in [0.2, 0.25) is 0 Å². The van der Waals surface area contributed by atoms with Crippen LogP contribution in [0.3, 0.4) is 0 Å². The Morgan fingerprint density at radius 2 is 2.06 bits per heavy atom. The lowest BCUT2D eigenvalue weighted by atomic mass is 10.2. The molecule has 0 radical (unpaired) electrons. The predicted octanol–water partition coefficient (Wildman–Crippen LogP) is 1.52. The minimum absolute atomic E-state index is 0.355. The largest absolute Gasteiger partial charge is 0.493 e. The summed E-state index contributed by atoms with van der Waals surface area (Å²) in [5.41, 5.74) is 5.55.